The van der Waals surface area contributed by atoms with Crippen LogP contribution in [0.1, 0.15) is 19.8 Å². The fourth-order valence-electron chi connectivity index (χ4n) is 2.46. The van der Waals surface area contributed by atoms with Crippen LogP contribution in [-0.4, -0.2) is 33.2 Å². The summed E-state index contributed by atoms with van der Waals surface area (Å²) in [7, 11) is 0. The van der Waals surface area contributed by atoms with Gasteiger partial charge in [-0.25, -0.2) is 14.4 Å². The first-order valence-electron chi connectivity index (χ1n) is 8.16. The lowest BCUT2D eigenvalue weighted by atomic mass is 10.1. The van der Waals surface area contributed by atoms with Gasteiger partial charge in [0, 0.05) is 18.3 Å². The molecule has 5 nitrogen and oxygen atoms in total. The number of amides is 1. The molecule has 1 aromatic carbocycles. The number of fused-ring (bicyclic) bond motifs is 1. The number of nitrogens with zero attached hydrogens (tertiary/aromatic N) is 2. The predicted octanol–water partition coefficient (Wildman–Crippen LogP) is 3.77. The Morgan fingerprint density at radius 1 is 1.28 bits per heavy atom. The molecule has 0 aliphatic heterocycles. The van der Waals surface area contributed by atoms with E-state index in [0.29, 0.717) is 12.3 Å². The van der Waals surface area contributed by atoms with Crippen LogP contribution < -0.4 is 5.32 Å². The van der Waals surface area contributed by atoms with Crippen molar-refractivity contribution in [2.75, 3.05) is 12.3 Å². The first kappa shape index (κ1) is 17.4. The van der Waals surface area contributed by atoms with Crippen molar-refractivity contribution >= 4 is 28.7 Å². The summed E-state index contributed by atoms with van der Waals surface area (Å²) in [5, 5.41) is 3.62. The van der Waals surface area contributed by atoms with E-state index in [0.717, 1.165) is 40.0 Å². The summed E-state index contributed by atoms with van der Waals surface area (Å²) in [5.74, 6) is 0.0276. The number of hydrogen-bond acceptors (Lipinski definition) is 4. The normalized spacial score (nSPS) is 11.0. The van der Waals surface area contributed by atoms with Gasteiger partial charge in [-0.05, 0) is 24.1 Å². The van der Waals surface area contributed by atoms with E-state index in [9.17, 15) is 9.18 Å². The van der Waals surface area contributed by atoms with Crippen LogP contribution in [0.4, 0.5) is 4.39 Å². The highest BCUT2D eigenvalue weighted by molar-refractivity contribution is 8.00. The molecule has 2 aromatic heterocycles. The molecule has 0 radical (unpaired) electrons. The maximum Gasteiger partial charge on any atom is 0.230 e. The second-order valence-electron chi connectivity index (χ2n) is 5.60. The molecule has 2 heterocycles. The zero-order chi connectivity index (χ0) is 17.6. The Labute approximate surface area is 149 Å². The molecule has 0 unspecified atom stereocenters. The fraction of sp³-hybridized carbons (Fsp3) is 0.278. The van der Waals surface area contributed by atoms with Gasteiger partial charge in [-0.1, -0.05) is 37.2 Å². The topological polar surface area (TPSA) is 70.7 Å². The maximum absolute atomic E-state index is 13.1. The Morgan fingerprint density at radius 2 is 2.08 bits per heavy atom. The Hall–Kier alpha value is -2.41. The van der Waals surface area contributed by atoms with Crippen LogP contribution in [0.15, 0.2) is 41.8 Å². The standard InChI is InChI=1S/C18H19FN4OS/c1-2-3-8-20-15(24)10-25-18-17-16(22-11-23-18)14(9-21-17)12-4-6-13(19)7-5-12/h4-7,9,11,21H,2-3,8,10H2,1H3,(H,20,24). The molecular formula is C18H19FN4OS. The summed E-state index contributed by atoms with van der Waals surface area (Å²) in [6.45, 7) is 2.79. The fourth-order valence-corrected chi connectivity index (χ4v) is 3.26. The number of thioether (sulfide) groups is 1. The number of unbranched alkanes of at least 4 members (excludes halogenated alkanes) is 1. The molecular weight excluding hydrogens is 339 g/mol. The number of aromatic nitrogens is 3. The van der Waals surface area contributed by atoms with Crippen molar-refractivity contribution in [3.8, 4) is 11.1 Å². The van der Waals surface area contributed by atoms with Crippen molar-refractivity contribution < 1.29 is 9.18 Å². The predicted molar refractivity (Wildman–Crippen MR) is 97.9 cm³/mol. The molecule has 0 atom stereocenters. The molecule has 0 aliphatic rings. The van der Waals surface area contributed by atoms with Crippen molar-refractivity contribution in [1.82, 2.24) is 20.3 Å². The lowest BCUT2D eigenvalue weighted by Crippen LogP contribution is -2.26. The van der Waals surface area contributed by atoms with Crippen LogP contribution in [0.25, 0.3) is 22.2 Å². The number of halogens is 1. The van der Waals surface area contributed by atoms with E-state index in [1.54, 1.807) is 12.1 Å². The number of carbonyl (C=O) groups excluding carboxylic acids is 1. The van der Waals surface area contributed by atoms with Crippen LogP contribution in [0, 0.1) is 5.82 Å². The number of carbonyl (C=O) groups is 1. The van der Waals surface area contributed by atoms with Crippen LogP contribution in [0.3, 0.4) is 0 Å². The Morgan fingerprint density at radius 3 is 2.84 bits per heavy atom. The second-order valence-corrected chi connectivity index (χ2v) is 6.57. The molecule has 1 amide bonds. The molecule has 3 rings (SSSR count). The molecule has 0 spiro atoms. The van der Waals surface area contributed by atoms with Gasteiger partial charge in [0.05, 0.1) is 11.3 Å². The summed E-state index contributed by atoms with van der Waals surface area (Å²) in [6, 6.07) is 6.28. The number of benzene rings is 1. The van der Waals surface area contributed by atoms with Gasteiger partial charge in [0.1, 0.15) is 22.7 Å². The van der Waals surface area contributed by atoms with Crippen LogP contribution in [-0.2, 0) is 4.79 Å². The van der Waals surface area contributed by atoms with E-state index in [1.165, 1.54) is 30.2 Å². The van der Waals surface area contributed by atoms with E-state index < -0.39 is 0 Å². The average Bonchev–Trinajstić information content (AvgIpc) is 3.05. The molecule has 2 N–H and O–H groups in total. The summed E-state index contributed by atoms with van der Waals surface area (Å²) in [4.78, 5) is 23.7. The van der Waals surface area contributed by atoms with Crippen LogP contribution in [0.2, 0.25) is 0 Å². The average molecular weight is 358 g/mol. The molecule has 0 saturated heterocycles. The largest absolute Gasteiger partial charge is 0.357 e. The smallest absolute Gasteiger partial charge is 0.230 e. The summed E-state index contributed by atoms with van der Waals surface area (Å²) in [6.07, 6.45) is 5.35. The SMILES string of the molecule is CCCCNC(=O)CSc1ncnc2c(-c3ccc(F)cc3)c[nH]c12. The van der Waals surface area contributed by atoms with Gasteiger partial charge in [0.15, 0.2) is 0 Å². The van der Waals surface area contributed by atoms with Gasteiger partial charge in [-0.15, -0.1) is 0 Å². The van der Waals surface area contributed by atoms with Crippen molar-refractivity contribution in [2.24, 2.45) is 0 Å². The minimum atomic E-state index is -0.274. The third-order valence-electron chi connectivity index (χ3n) is 3.78. The summed E-state index contributed by atoms with van der Waals surface area (Å²) in [5.41, 5.74) is 3.30. The Bertz CT molecular complexity index is 863. The highest BCUT2D eigenvalue weighted by atomic mass is 32.2. The molecule has 25 heavy (non-hydrogen) atoms. The van der Waals surface area contributed by atoms with Crippen LogP contribution >= 0.6 is 11.8 Å². The van der Waals surface area contributed by atoms with Crippen LogP contribution in [0.5, 0.6) is 0 Å². The van der Waals surface area contributed by atoms with Gasteiger partial charge >= 0.3 is 0 Å². The lowest BCUT2D eigenvalue weighted by Gasteiger charge is -2.04. The molecule has 0 saturated carbocycles. The van der Waals surface area contributed by atoms with Gasteiger partial charge in [-0.3, -0.25) is 4.79 Å². The zero-order valence-corrected chi connectivity index (χ0v) is 14.7. The highest BCUT2D eigenvalue weighted by Gasteiger charge is 2.13. The van der Waals surface area contributed by atoms with Crippen molar-refractivity contribution in [2.45, 2.75) is 24.8 Å². The number of hydrogen-bond donors (Lipinski definition) is 2. The third-order valence-corrected chi connectivity index (χ3v) is 4.77. The Balaban J connectivity index is 1.77. The first-order valence-corrected chi connectivity index (χ1v) is 9.15. The zero-order valence-electron chi connectivity index (χ0n) is 13.9. The molecule has 0 bridgehead atoms. The van der Waals surface area contributed by atoms with Crippen molar-refractivity contribution in [3.63, 3.8) is 0 Å². The summed E-state index contributed by atoms with van der Waals surface area (Å²) >= 11 is 1.37. The quantitative estimate of drug-likeness (QED) is 0.383. The van der Waals surface area contributed by atoms with E-state index in [1.807, 2.05) is 6.20 Å². The number of rotatable bonds is 7. The highest BCUT2D eigenvalue weighted by Crippen LogP contribution is 2.31. The number of nitrogens with one attached hydrogen (secondary N) is 2. The lowest BCUT2D eigenvalue weighted by molar-refractivity contribution is -0.118. The molecule has 3 aromatic rings. The van der Waals surface area contributed by atoms with Crippen molar-refractivity contribution in [3.05, 3.63) is 42.6 Å². The summed E-state index contributed by atoms with van der Waals surface area (Å²) < 4.78 is 13.1. The molecule has 7 heteroatoms. The second kappa shape index (κ2) is 8.11. The molecule has 0 fully saturated rings. The van der Waals surface area contributed by atoms with E-state index in [-0.39, 0.29) is 11.7 Å². The maximum atomic E-state index is 13.1. The number of aromatic amines is 1. The van der Waals surface area contributed by atoms with Gasteiger partial charge in [0.25, 0.3) is 0 Å². The van der Waals surface area contributed by atoms with Gasteiger partial charge in [0.2, 0.25) is 5.91 Å². The Kier molecular flexibility index (Phi) is 5.65. The van der Waals surface area contributed by atoms with Gasteiger partial charge in [-0.2, -0.15) is 0 Å². The molecule has 0 aliphatic carbocycles. The van der Waals surface area contributed by atoms with Gasteiger partial charge < -0.3 is 10.3 Å². The number of H-pyrrole nitrogens is 1. The van der Waals surface area contributed by atoms with E-state index in [2.05, 4.69) is 27.2 Å². The minimum Gasteiger partial charge on any atom is -0.357 e. The first-order chi connectivity index (χ1) is 12.2. The molecule has 130 valence electrons. The monoisotopic (exact) mass is 358 g/mol. The van der Waals surface area contributed by atoms with E-state index in [4.69, 9.17) is 0 Å². The third kappa shape index (κ3) is 4.17. The van der Waals surface area contributed by atoms with E-state index >= 15 is 0 Å². The van der Waals surface area contributed by atoms with Crippen molar-refractivity contribution in [1.29, 1.82) is 0 Å². The minimum absolute atomic E-state index is 0.00414.